The summed E-state index contributed by atoms with van der Waals surface area (Å²) in [5.41, 5.74) is 1.27. The van der Waals surface area contributed by atoms with Crippen LogP contribution in [-0.2, 0) is 9.53 Å². The molecule has 1 aliphatic carbocycles. The molecule has 0 amide bonds. The lowest BCUT2D eigenvalue weighted by atomic mass is 9.83. The van der Waals surface area contributed by atoms with Crippen LogP contribution in [0.1, 0.15) is 34.1 Å². The van der Waals surface area contributed by atoms with Gasteiger partial charge >= 0.3 is 5.97 Å². The number of thiol groups is 1. The maximum Gasteiger partial charge on any atom is 0.310 e. The van der Waals surface area contributed by atoms with Crippen LogP contribution < -0.4 is 0 Å². The first kappa shape index (κ1) is 14.5. The van der Waals surface area contributed by atoms with Crippen molar-refractivity contribution in [2.24, 2.45) is 0 Å². The molecule has 1 aliphatic rings. The van der Waals surface area contributed by atoms with E-state index in [2.05, 4.69) is 12.6 Å². The van der Waals surface area contributed by atoms with Crippen molar-refractivity contribution in [3.05, 3.63) is 46.5 Å². The van der Waals surface area contributed by atoms with Crippen molar-refractivity contribution in [3.8, 4) is 0 Å². The predicted molar refractivity (Wildman–Crippen MR) is 77.2 cm³/mol. The lowest BCUT2D eigenvalue weighted by Gasteiger charge is -2.18. The number of hydrogen-bond acceptors (Lipinski definition) is 5. The second-order valence-electron chi connectivity index (χ2n) is 4.43. The van der Waals surface area contributed by atoms with E-state index in [9.17, 15) is 14.4 Å². The molecule has 2 rings (SSSR count). The van der Waals surface area contributed by atoms with Gasteiger partial charge in [-0.25, -0.2) is 0 Å². The van der Waals surface area contributed by atoms with Crippen molar-refractivity contribution in [1.29, 1.82) is 0 Å². The highest BCUT2D eigenvalue weighted by Crippen LogP contribution is 2.27. The first-order valence-corrected chi connectivity index (χ1v) is 6.84. The number of rotatable bonds is 4. The van der Waals surface area contributed by atoms with Crippen LogP contribution in [0.25, 0.3) is 0 Å². The fraction of sp³-hybridized carbons (Fsp3) is 0.267. The minimum atomic E-state index is -0.520. The molecule has 0 radical (unpaired) electrons. The molecule has 0 atom stereocenters. The van der Waals surface area contributed by atoms with Gasteiger partial charge in [0, 0.05) is 28.0 Å². The number of ether oxygens (including phenoxy) is 1. The Morgan fingerprint density at radius 3 is 2.35 bits per heavy atom. The van der Waals surface area contributed by atoms with E-state index in [4.69, 9.17) is 4.74 Å². The minimum Gasteiger partial charge on any atom is -0.465 e. The summed E-state index contributed by atoms with van der Waals surface area (Å²) in [6.45, 7) is 1.75. The number of hydrogen-bond donors (Lipinski definition) is 1. The van der Waals surface area contributed by atoms with E-state index in [1.54, 1.807) is 31.2 Å². The van der Waals surface area contributed by atoms with Crippen molar-refractivity contribution < 1.29 is 19.1 Å². The molecule has 0 N–H and O–H groups in total. The molecule has 0 heterocycles. The van der Waals surface area contributed by atoms with Crippen LogP contribution in [0.5, 0.6) is 0 Å². The highest BCUT2D eigenvalue weighted by atomic mass is 32.1. The third-order valence-corrected chi connectivity index (χ3v) is 3.34. The number of ketones is 2. The number of allylic oxidation sites excluding steroid dienone is 1. The summed E-state index contributed by atoms with van der Waals surface area (Å²) in [6.07, 6.45) is -0.182. The number of esters is 1. The Hall–Kier alpha value is -1.88. The summed E-state index contributed by atoms with van der Waals surface area (Å²) in [5.74, 6) is -0.592. The molecule has 0 spiro atoms. The van der Waals surface area contributed by atoms with Gasteiger partial charge in [-0.3, -0.25) is 14.4 Å². The van der Waals surface area contributed by atoms with Gasteiger partial charge in [0.25, 0.3) is 0 Å². The zero-order chi connectivity index (χ0) is 14.7. The highest BCUT2D eigenvalue weighted by molar-refractivity contribution is 7.80. The molecule has 0 saturated heterocycles. The second-order valence-corrected chi connectivity index (χ2v) is 4.88. The summed E-state index contributed by atoms with van der Waals surface area (Å²) in [7, 11) is 0. The van der Waals surface area contributed by atoms with Gasteiger partial charge in [-0.1, -0.05) is 24.3 Å². The Balaban J connectivity index is 2.30. The monoisotopic (exact) mass is 290 g/mol. The quantitative estimate of drug-likeness (QED) is 0.682. The molecule has 0 saturated carbocycles. The molecule has 0 fully saturated rings. The fourth-order valence-electron chi connectivity index (χ4n) is 2.12. The average molecular weight is 290 g/mol. The molecule has 0 bridgehead atoms. The van der Waals surface area contributed by atoms with Crippen LogP contribution >= 0.6 is 12.6 Å². The van der Waals surface area contributed by atoms with Gasteiger partial charge in [-0.2, -0.15) is 12.6 Å². The lowest BCUT2D eigenvalue weighted by Crippen LogP contribution is -2.23. The first-order valence-electron chi connectivity index (χ1n) is 6.21. The summed E-state index contributed by atoms with van der Waals surface area (Å²) < 4.78 is 4.90. The van der Waals surface area contributed by atoms with Crippen molar-refractivity contribution in [1.82, 2.24) is 0 Å². The number of fused-ring (bicyclic) bond motifs is 1. The van der Waals surface area contributed by atoms with Crippen LogP contribution in [0.4, 0.5) is 0 Å². The number of carbonyl (C=O) groups is 3. The zero-order valence-corrected chi connectivity index (χ0v) is 11.9. The molecule has 1 aromatic carbocycles. The Morgan fingerprint density at radius 1 is 1.15 bits per heavy atom. The summed E-state index contributed by atoms with van der Waals surface area (Å²) >= 11 is 3.94. The van der Waals surface area contributed by atoms with Gasteiger partial charge in [0.2, 0.25) is 0 Å². The van der Waals surface area contributed by atoms with E-state index < -0.39 is 5.97 Å². The Morgan fingerprint density at radius 2 is 1.75 bits per heavy atom. The second kappa shape index (κ2) is 6.05. The minimum absolute atomic E-state index is 0.182. The molecular formula is C15H14O4S. The highest BCUT2D eigenvalue weighted by Gasteiger charge is 2.30. The van der Waals surface area contributed by atoms with E-state index in [1.165, 1.54) is 0 Å². The summed E-state index contributed by atoms with van der Waals surface area (Å²) in [5, 5.41) is 0. The maximum absolute atomic E-state index is 12.3. The summed E-state index contributed by atoms with van der Waals surface area (Å²) in [6, 6.07) is 6.63. The van der Waals surface area contributed by atoms with Gasteiger partial charge < -0.3 is 4.74 Å². The third kappa shape index (κ3) is 2.67. The Labute approximate surface area is 122 Å². The number of carbonyl (C=O) groups excluding carboxylic acids is 3. The van der Waals surface area contributed by atoms with E-state index in [0.717, 1.165) is 0 Å². The van der Waals surface area contributed by atoms with Gasteiger partial charge in [0.1, 0.15) is 6.61 Å². The molecule has 1 aromatic rings. The molecule has 0 aliphatic heterocycles. The fourth-order valence-corrected chi connectivity index (χ4v) is 2.21. The Bertz CT molecular complexity index is 616. The van der Waals surface area contributed by atoms with Gasteiger partial charge in [-0.15, -0.1) is 0 Å². The van der Waals surface area contributed by atoms with E-state index >= 15 is 0 Å². The largest absolute Gasteiger partial charge is 0.465 e. The van der Waals surface area contributed by atoms with Gasteiger partial charge in [0.05, 0.1) is 6.42 Å². The molecule has 0 aromatic heterocycles. The number of benzene rings is 1. The molecule has 4 nitrogen and oxygen atoms in total. The predicted octanol–water partition coefficient (Wildman–Crippen LogP) is 2.25. The van der Waals surface area contributed by atoms with Crippen LogP contribution in [0.3, 0.4) is 0 Å². The first-order chi connectivity index (χ1) is 9.56. The third-order valence-electron chi connectivity index (χ3n) is 3.16. The van der Waals surface area contributed by atoms with Crippen molar-refractivity contribution in [3.63, 3.8) is 0 Å². The molecule has 104 valence electrons. The maximum atomic E-state index is 12.3. The van der Waals surface area contributed by atoms with E-state index in [1.807, 2.05) is 0 Å². The van der Waals surface area contributed by atoms with Crippen molar-refractivity contribution >= 4 is 30.2 Å². The van der Waals surface area contributed by atoms with Gasteiger partial charge in [0.15, 0.2) is 11.6 Å². The van der Waals surface area contributed by atoms with E-state index in [-0.39, 0.29) is 30.2 Å². The van der Waals surface area contributed by atoms with E-state index in [0.29, 0.717) is 22.5 Å². The Kier molecular flexibility index (Phi) is 4.39. The van der Waals surface area contributed by atoms with Crippen LogP contribution in [0.2, 0.25) is 0 Å². The SMILES string of the molecule is CC1=C(CC(=O)OCCS)C(=O)c2ccccc2C1=O. The van der Waals surface area contributed by atoms with Crippen molar-refractivity contribution in [2.75, 3.05) is 12.4 Å². The topological polar surface area (TPSA) is 60.4 Å². The van der Waals surface area contributed by atoms with Crippen LogP contribution in [0.15, 0.2) is 35.4 Å². The normalized spacial score (nSPS) is 14.3. The zero-order valence-electron chi connectivity index (χ0n) is 11.0. The molecule has 20 heavy (non-hydrogen) atoms. The molecule has 5 heteroatoms. The van der Waals surface area contributed by atoms with Gasteiger partial charge in [-0.05, 0) is 6.92 Å². The number of Topliss-reactive ketones (excluding diaryl/α,β-unsaturated/α-hetero) is 2. The summed E-state index contributed by atoms with van der Waals surface area (Å²) in [4.78, 5) is 36.2. The van der Waals surface area contributed by atoms with Crippen LogP contribution in [-0.4, -0.2) is 29.9 Å². The molecular weight excluding hydrogens is 276 g/mol. The van der Waals surface area contributed by atoms with Crippen LogP contribution in [0, 0.1) is 0 Å². The lowest BCUT2D eigenvalue weighted by molar-refractivity contribution is -0.142. The smallest absolute Gasteiger partial charge is 0.310 e. The van der Waals surface area contributed by atoms with Crippen molar-refractivity contribution in [2.45, 2.75) is 13.3 Å². The standard InChI is InChI=1S/C15H14O4S/c1-9-12(8-13(16)19-6-7-20)15(18)11-5-3-2-4-10(11)14(9)17/h2-5,20H,6-8H2,1H3. The average Bonchev–Trinajstić information content (AvgIpc) is 2.47. The molecule has 0 unspecified atom stereocenters.